The summed E-state index contributed by atoms with van der Waals surface area (Å²) in [6.07, 6.45) is 3.44. The summed E-state index contributed by atoms with van der Waals surface area (Å²) in [7, 11) is 0. The Labute approximate surface area is 137 Å². The first-order valence-electron chi connectivity index (χ1n) is 8.56. The van der Waals surface area contributed by atoms with Crippen molar-refractivity contribution in [1.29, 1.82) is 0 Å². The average molecular weight is 309 g/mol. The van der Waals surface area contributed by atoms with Gasteiger partial charge in [-0.15, -0.1) is 0 Å². The molecule has 4 rings (SSSR count). The lowest BCUT2D eigenvalue weighted by atomic mass is 9.77. The molecular formula is C20H23NO2. The van der Waals surface area contributed by atoms with Crippen LogP contribution in [0.15, 0.2) is 42.5 Å². The number of phenols is 1. The molecule has 0 aromatic heterocycles. The van der Waals surface area contributed by atoms with Gasteiger partial charge in [-0.3, -0.25) is 0 Å². The first-order valence-corrected chi connectivity index (χ1v) is 8.56. The molecule has 23 heavy (non-hydrogen) atoms. The maximum Gasteiger partial charge on any atom is 0.115 e. The van der Waals surface area contributed by atoms with Crippen LogP contribution < -0.4 is 5.32 Å². The van der Waals surface area contributed by atoms with Crippen LogP contribution in [0.4, 0.5) is 5.69 Å². The molecule has 1 fully saturated rings. The van der Waals surface area contributed by atoms with Gasteiger partial charge in [0.15, 0.2) is 0 Å². The van der Waals surface area contributed by atoms with Gasteiger partial charge in [0.1, 0.15) is 5.75 Å². The fourth-order valence-electron chi connectivity index (χ4n) is 3.99. The van der Waals surface area contributed by atoms with Crippen LogP contribution in [0.2, 0.25) is 0 Å². The summed E-state index contributed by atoms with van der Waals surface area (Å²) >= 11 is 0. The third-order valence-electron chi connectivity index (χ3n) is 5.17. The number of benzene rings is 2. The molecular weight excluding hydrogens is 286 g/mol. The normalized spacial score (nSPS) is 26.0. The van der Waals surface area contributed by atoms with Crippen LogP contribution >= 0.6 is 0 Å². The lowest BCUT2D eigenvalue weighted by Gasteiger charge is -2.43. The Morgan fingerprint density at radius 2 is 2.13 bits per heavy atom. The molecule has 0 amide bonds. The molecule has 0 aliphatic carbocycles. The largest absolute Gasteiger partial charge is 0.508 e. The lowest BCUT2D eigenvalue weighted by molar-refractivity contribution is -0.0381. The molecule has 2 N–H and O–H groups in total. The van der Waals surface area contributed by atoms with Crippen molar-refractivity contribution in [2.45, 2.75) is 38.3 Å². The summed E-state index contributed by atoms with van der Waals surface area (Å²) in [6, 6.07) is 14.5. The third-order valence-corrected chi connectivity index (χ3v) is 5.17. The van der Waals surface area contributed by atoms with Crippen molar-refractivity contribution in [2.24, 2.45) is 5.92 Å². The van der Waals surface area contributed by atoms with Gasteiger partial charge in [0.05, 0.1) is 12.1 Å². The van der Waals surface area contributed by atoms with E-state index in [4.69, 9.17) is 4.74 Å². The van der Waals surface area contributed by atoms with Crippen molar-refractivity contribution in [2.75, 3.05) is 11.9 Å². The molecule has 0 spiro atoms. The highest BCUT2D eigenvalue weighted by molar-refractivity contribution is 5.58. The van der Waals surface area contributed by atoms with Crippen molar-refractivity contribution in [3.8, 4) is 5.75 Å². The summed E-state index contributed by atoms with van der Waals surface area (Å²) in [6.45, 7) is 3.02. The van der Waals surface area contributed by atoms with Gasteiger partial charge >= 0.3 is 0 Å². The predicted molar refractivity (Wildman–Crippen MR) is 91.7 cm³/mol. The standard InChI is InChI=1S/C20H23NO2/c1-2-13-8-9-18-17(11-13)20-16(7-4-10-23-20)19(21-18)14-5-3-6-15(22)12-14/h3,5-6,8-9,11-12,16,19-22H,2,4,7,10H2,1H3/t16-,19-,20-/m0/s1. The van der Waals surface area contributed by atoms with E-state index in [1.54, 1.807) is 6.07 Å². The fourth-order valence-corrected chi connectivity index (χ4v) is 3.99. The van der Waals surface area contributed by atoms with E-state index in [9.17, 15) is 5.11 Å². The second-order valence-electron chi connectivity index (χ2n) is 6.59. The topological polar surface area (TPSA) is 41.5 Å². The quantitative estimate of drug-likeness (QED) is 0.852. The van der Waals surface area contributed by atoms with Gasteiger partial charge in [0, 0.05) is 23.8 Å². The van der Waals surface area contributed by atoms with Gasteiger partial charge in [-0.1, -0.05) is 31.2 Å². The molecule has 2 aliphatic heterocycles. The predicted octanol–water partition coefficient (Wildman–Crippen LogP) is 4.59. The van der Waals surface area contributed by atoms with E-state index >= 15 is 0 Å². The minimum absolute atomic E-state index is 0.152. The molecule has 3 heteroatoms. The van der Waals surface area contributed by atoms with E-state index in [1.165, 1.54) is 16.8 Å². The van der Waals surface area contributed by atoms with Gasteiger partial charge in [0.25, 0.3) is 0 Å². The summed E-state index contributed by atoms with van der Waals surface area (Å²) in [4.78, 5) is 0. The highest BCUT2D eigenvalue weighted by atomic mass is 16.5. The van der Waals surface area contributed by atoms with E-state index in [2.05, 4.69) is 36.5 Å². The van der Waals surface area contributed by atoms with Crippen molar-refractivity contribution >= 4 is 5.69 Å². The van der Waals surface area contributed by atoms with Crippen LogP contribution in [0.5, 0.6) is 5.75 Å². The van der Waals surface area contributed by atoms with Crippen LogP contribution in [0.3, 0.4) is 0 Å². The number of ether oxygens (including phenoxy) is 1. The minimum atomic E-state index is 0.152. The van der Waals surface area contributed by atoms with Crippen LogP contribution in [-0.2, 0) is 11.2 Å². The summed E-state index contributed by atoms with van der Waals surface area (Å²) in [5.41, 5.74) is 4.95. The van der Waals surface area contributed by atoms with Crippen molar-refractivity contribution in [3.63, 3.8) is 0 Å². The molecule has 3 atom stereocenters. The van der Waals surface area contributed by atoms with E-state index in [1.807, 2.05) is 12.1 Å². The van der Waals surface area contributed by atoms with Crippen LogP contribution in [0.1, 0.15) is 48.6 Å². The Morgan fingerprint density at radius 3 is 2.96 bits per heavy atom. The summed E-state index contributed by atoms with van der Waals surface area (Å²) < 4.78 is 6.19. The second kappa shape index (κ2) is 5.89. The van der Waals surface area contributed by atoms with Gasteiger partial charge in [0.2, 0.25) is 0 Å². The Kier molecular flexibility index (Phi) is 3.74. The minimum Gasteiger partial charge on any atom is -0.508 e. The molecule has 2 aliphatic rings. The van der Waals surface area contributed by atoms with Crippen LogP contribution in [-0.4, -0.2) is 11.7 Å². The first-order chi connectivity index (χ1) is 11.3. The number of anilines is 1. The molecule has 120 valence electrons. The third kappa shape index (κ3) is 2.59. The molecule has 0 radical (unpaired) electrons. The molecule has 2 aromatic carbocycles. The molecule has 0 unspecified atom stereocenters. The SMILES string of the molecule is CCc1ccc2c(c1)[C@H]1OCCC[C@H]1[C@H](c1cccc(O)c1)N2. The second-order valence-corrected chi connectivity index (χ2v) is 6.59. The van der Waals surface area contributed by atoms with Gasteiger partial charge in [-0.2, -0.15) is 0 Å². The maximum atomic E-state index is 9.84. The number of hydrogen-bond acceptors (Lipinski definition) is 3. The number of nitrogens with one attached hydrogen (secondary N) is 1. The number of aromatic hydroxyl groups is 1. The Hall–Kier alpha value is -2.00. The summed E-state index contributed by atoms with van der Waals surface area (Å²) in [5.74, 6) is 0.731. The van der Waals surface area contributed by atoms with Crippen molar-refractivity contribution < 1.29 is 9.84 Å². The molecule has 2 aromatic rings. The number of hydrogen-bond donors (Lipinski definition) is 2. The molecule has 2 heterocycles. The zero-order chi connectivity index (χ0) is 15.8. The molecule has 1 saturated heterocycles. The lowest BCUT2D eigenvalue weighted by Crippen LogP contribution is -2.36. The van der Waals surface area contributed by atoms with E-state index in [0.29, 0.717) is 11.7 Å². The fraction of sp³-hybridized carbons (Fsp3) is 0.400. The smallest absolute Gasteiger partial charge is 0.115 e. The Bertz CT molecular complexity index is 713. The number of phenolic OH excluding ortho intramolecular Hbond substituents is 1. The van der Waals surface area contributed by atoms with Gasteiger partial charge in [-0.25, -0.2) is 0 Å². The Morgan fingerprint density at radius 1 is 1.22 bits per heavy atom. The average Bonchev–Trinajstić information content (AvgIpc) is 2.60. The zero-order valence-corrected chi connectivity index (χ0v) is 13.5. The zero-order valence-electron chi connectivity index (χ0n) is 13.5. The highest BCUT2D eigenvalue weighted by Crippen LogP contribution is 2.49. The Balaban J connectivity index is 1.77. The number of fused-ring (bicyclic) bond motifs is 3. The molecule has 0 saturated carbocycles. The number of aryl methyl sites for hydroxylation is 1. The van der Waals surface area contributed by atoms with Crippen molar-refractivity contribution in [1.82, 2.24) is 0 Å². The highest BCUT2D eigenvalue weighted by Gasteiger charge is 2.39. The van der Waals surface area contributed by atoms with Crippen LogP contribution in [0, 0.1) is 5.92 Å². The van der Waals surface area contributed by atoms with E-state index in [-0.39, 0.29) is 12.1 Å². The van der Waals surface area contributed by atoms with Crippen LogP contribution in [0.25, 0.3) is 0 Å². The summed E-state index contributed by atoms with van der Waals surface area (Å²) in [5, 5.41) is 13.5. The number of rotatable bonds is 2. The van der Waals surface area contributed by atoms with Gasteiger partial charge < -0.3 is 15.2 Å². The van der Waals surface area contributed by atoms with E-state index < -0.39 is 0 Å². The monoisotopic (exact) mass is 309 g/mol. The maximum absolute atomic E-state index is 9.84. The first kappa shape index (κ1) is 14.6. The van der Waals surface area contributed by atoms with E-state index in [0.717, 1.165) is 31.4 Å². The van der Waals surface area contributed by atoms with Gasteiger partial charge in [-0.05, 0) is 48.6 Å². The molecule has 3 nitrogen and oxygen atoms in total. The molecule has 0 bridgehead atoms. The van der Waals surface area contributed by atoms with Crippen molar-refractivity contribution in [3.05, 3.63) is 59.2 Å².